The van der Waals surface area contributed by atoms with Gasteiger partial charge in [-0.05, 0) is 36.6 Å². The fraction of sp³-hybridized carbons (Fsp3) is 0.353. The lowest BCUT2D eigenvalue weighted by atomic mass is 10.0. The summed E-state index contributed by atoms with van der Waals surface area (Å²) in [6.45, 7) is 1.84. The minimum atomic E-state index is -0.373. The molecule has 2 aliphatic heterocycles. The molecule has 0 aliphatic carbocycles. The van der Waals surface area contributed by atoms with Crippen molar-refractivity contribution < 1.29 is 14.4 Å². The molecule has 4 rings (SSSR count). The van der Waals surface area contributed by atoms with E-state index in [1.54, 1.807) is 12.3 Å². The van der Waals surface area contributed by atoms with Crippen LogP contribution in [0.3, 0.4) is 0 Å². The standard InChI is InChI=1S/C17H17N3O4/c21-20(22)14-3-1-7-18-17(14)19-8-2-4-13(19)12-5-6-15-16(11-12)24-10-9-23-15/h1,3,5-7,11,13H,2,4,8-10H2/t13-/m0/s1. The van der Waals surface area contributed by atoms with E-state index in [-0.39, 0.29) is 16.7 Å². The molecule has 24 heavy (non-hydrogen) atoms. The van der Waals surface area contributed by atoms with E-state index in [1.165, 1.54) is 6.07 Å². The summed E-state index contributed by atoms with van der Waals surface area (Å²) in [6.07, 6.45) is 3.49. The van der Waals surface area contributed by atoms with E-state index in [9.17, 15) is 10.1 Å². The lowest BCUT2D eigenvalue weighted by Crippen LogP contribution is -2.24. The van der Waals surface area contributed by atoms with Gasteiger partial charge in [0.25, 0.3) is 0 Å². The van der Waals surface area contributed by atoms with Crippen molar-refractivity contribution in [2.45, 2.75) is 18.9 Å². The third kappa shape index (κ3) is 2.51. The Labute approximate surface area is 139 Å². The van der Waals surface area contributed by atoms with Gasteiger partial charge in [-0.15, -0.1) is 0 Å². The number of hydrogen-bond acceptors (Lipinski definition) is 6. The Kier molecular flexibility index (Phi) is 3.68. The summed E-state index contributed by atoms with van der Waals surface area (Å²) < 4.78 is 11.2. The van der Waals surface area contributed by atoms with Crippen LogP contribution in [0.2, 0.25) is 0 Å². The van der Waals surface area contributed by atoms with E-state index in [0.717, 1.165) is 36.4 Å². The number of benzene rings is 1. The van der Waals surface area contributed by atoms with Gasteiger partial charge in [0.1, 0.15) is 13.2 Å². The Balaban J connectivity index is 1.70. The average Bonchev–Trinajstić information content (AvgIpc) is 3.11. The monoisotopic (exact) mass is 327 g/mol. The molecule has 0 amide bonds. The molecule has 124 valence electrons. The summed E-state index contributed by atoms with van der Waals surface area (Å²) in [5.41, 5.74) is 1.11. The van der Waals surface area contributed by atoms with Crippen LogP contribution in [0.15, 0.2) is 36.5 Å². The molecule has 7 heteroatoms. The molecule has 2 aliphatic rings. The second-order valence-electron chi connectivity index (χ2n) is 5.86. The second-order valence-corrected chi connectivity index (χ2v) is 5.86. The van der Waals surface area contributed by atoms with Gasteiger partial charge in [-0.3, -0.25) is 10.1 Å². The number of fused-ring (bicyclic) bond motifs is 1. The van der Waals surface area contributed by atoms with Crippen LogP contribution in [0.4, 0.5) is 11.5 Å². The maximum Gasteiger partial charge on any atom is 0.311 e. The van der Waals surface area contributed by atoms with Crippen LogP contribution < -0.4 is 14.4 Å². The van der Waals surface area contributed by atoms with Gasteiger partial charge in [0, 0.05) is 18.8 Å². The zero-order chi connectivity index (χ0) is 16.5. The fourth-order valence-electron chi connectivity index (χ4n) is 3.39. The topological polar surface area (TPSA) is 77.7 Å². The van der Waals surface area contributed by atoms with Crippen molar-refractivity contribution in [2.75, 3.05) is 24.7 Å². The van der Waals surface area contributed by atoms with Crippen molar-refractivity contribution in [1.29, 1.82) is 0 Å². The lowest BCUT2D eigenvalue weighted by molar-refractivity contribution is -0.384. The molecule has 3 heterocycles. The van der Waals surface area contributed by atoms with Crippen molar-refractivity contribution in [3.8, 4) is 11.5 Å². The van der Waals surface area contributed by atoms with E-state index in [0.29, 0.717) is 19.0 Å². The van der Waals surface area contributed by atoms with Gasteiger partial charge in [-0.25, -0.2) is 4.98 Å². The van der Waals surface area contributed by atoms with Gasteiger partial charge in [0.2, 0.25) is 5.82 Å². The highest BCUT2D eigenvalue weighted by Crippen LogP contribution is 2.41. The normalized spacial score (nSPS) is 19.3. The summed E-state index contributed by atoms with van der Waals surface area (Å²) in [7, 11) is 0. The van der Waals surface area contributed by atoms with E-state index in [1.807, 2.05) is 23.1 Å². The van der Waals surface area contributed by atoms with E-state index < -0.39 is 0 Å². The predicted octanol–water partition coefficient (Wildman–Crippen LogP) is 3.10. The number of pyridine rings is 1. The van der Waals surface area contributed by atoms with E-state index in [2.05, 4.69) is 4.98 Å². The highest BCUT2D eigenvalue weighted by Gasteiger charge is 2.32. The van der Waals surface area contributed by atoms with Crippen molar-refractivity contribution in [3.63, 3.8) is 0 Å². The molecule has 0 unspecified atom stereocenters. The molecule has 0 spiro atoms. The van der Waals surface area contributed by atoms with E-state index >= 15 is 0 Å². The Hall–Kier alpha value is -2.83. The molecule has 1 fully saturated rings. The molecule has 7 nitrogen and oxygen atoms in total. The number of nitrogens with zero attached hydrogens (tertiary/aromatic N) is 3. The van der Waals surface area contributed by atoms with Gasteiger partial charge in [-0.1, -0.05) is 6.07 Å². The molecule has 1 aromatic carbocycles. The van der Waals surface area contributed by atoms with Crippen LogP contribution in [0.25, 0.3) is 0 Å². The molecule has 1 aromatic heterocycles. The van der Waals surface area contributed by atoms with Gasteiger partial charge >= 0.3 is 5.69 Å². The van der Waals surface area contributed by atoms with Crippen LogP contribution in [0.5, 0.6) is 11.5 Å². The molecule has 0 saturated carbocycles. The van der Waals surface area contributed by atoms with E-state index in [4.69, 9.17) is 9.47 Å². The molecule has 0 radical (unpaired) electrons. The first-order valence-electron chi connectivity index (χ1n) is 7.99. The smallest absolute Gasteiger partial charge is 0.311 e. The number of hydrogen-bond donors (Lipinski definition) is 0. The van der Waals surface area contributed by atoms with Crippen molar-refractivity contribution in [2.24, 2.45) is 0 Å². The maximum atomic E-state index is 11.3. The molecule has 2 aromatic rings. The summed E-state index contributed by atoms with van der Waals surface area (Å²) in [4.78, 5) is 17.2. The third-order valence-corrected chi connectivity index (χ3v) is 4.44. The fourth-order valence-corrected chi connectivity index (χ4v) is 3.39. The Bertz CT molecular complexity index is 780. The largest absolute Gasteiger partial charge is 0.486 e. The molecular formula is C17H17N3O4. The summed E-state index contributed by atoms with van der Waals surface area (Å²) in [6, 6.07) is 9.04. The molecule has 1 saturated heterocycles. The van der Waals surface area contributed by atoms with Crippen LogP contribution in [-0.4, -0.2) is 29.7 Å². The summed E-state index contributed by atoms with van der Waals surface area (Å²) in [5, 5.41) is 11.3. The van der Waals surface area contributed by atoms with Crippen LogP contribution >= 0.6 is 0 Å². The highest BCUT2D eigenvalue weighted by molar-refractivity contribution is 5.60. The first-order valence-corrected chi connectivity index (χ1v) is 7.99. The number of rotatable bonds is 3. The Morgan fingerprint density at radius 3 is 2.88 bits per heavy atom. The summed E-state index contributed by atoms with van der Waals surface area (Å²) >= 11 is 0. The van der Waals surface area contributed by atoms with Crippen LogP contribution in [-0.2, 0) is 0 Å². The first kappa shape index (κ1) is 14.7. The SMILES string of the molecule is O=[N+]([O-])c1cccnc1N1CCC[C@H]1c1ccc2c(c1)OCCO2. The zero-order valence-electron chi connectivity index (χ0n) is 13.1. The first-order chi connectivity index (χ1) is 11.7. The van der Waals surface area contributed by atoms with Gasteiger partial charge in [0.05, 0.1) is 11.0 Å². The Morgan fingerprint density at radius 2 is 2.04 bits per heavy atom. The molecule has 0 N–H and O–H groups in total. The van der Waals surface area contributed by atoms with Gasteiger partial charge in [0.15, 0.2) is 11.5 Å². The zero-order valence-corrected chi connectivity index (χ0v) is 13.1. The predicted molar refractivity (Wildman–Crippen MR) is 87.6 cm³/mol. The molecule has 0 bridgehead atoms. The Morgan fingerprint density at radius 1 is 1.21 bits per heavy atom. The van der Waals surface area contributed by atoms with Gasteiger partial charge in [-0.2, -0.15) is 0 Å². The minimum absolute atomic E-state index is 0.0435. The number of anilines is 1. The maximum absolute atomic E-state index is 11.3. The van der Waals surface area contributed by atoms with Crippen molar-refractivity contribution >= 4 is 11.5 Å². The summed E-state index contributed by atoms with van der Waals surface area (Å²) in [5.74, 6) is 1.92. The number of nitro groups is 1. The quantitative estimate of drug-likeness (QED) is 0.637. The highest BCUT2D eigenvalue weighted by atomic mass is 16.6. The molecular weight excluding hydrogens is 310 g/mol. The van der Waals surface area contributed by atoms with Crippen molar-refractivity contribution in [3.05, 3.63) is 52.2 Å². The average molecular weight is 327 g/mol. The van der Waals surface area contributed by atoms with Gasteiger partial charge < -0.3 is 14.4 Å². The van der Waals surface area contributed by atoms with Crippen molar-refractivity contribution in [1.82, 2.24) is 4.98 Å². The van der Waals surface area contributed by atoms with Crippen LogP contribution in [0.1, 0.15) is 24.4 Å². The second kappa shape index (κ2) is 5.99. The minimum Gasteiger partial charge on any atom is -0.486 e. The third-order valence-electron chi connectivity index (χ3n) is 4.44. The number of ether oxygens (including phenoxy) is 2. The number of aromatic nitrogens is 1. The molecule has 1 atom stereocenters. The lowest BCUT2D eigenvalue weighted by Gasteiger charge is -2.27. The van der Waals surface area contributed by atoms with Crippen LogP contribution in [0, 0.1) is 10.1 Å².